The van der Waals surface area contributed by atoms with Crippen LogP contribution in [0.25, 0.3) is 0 Å². The van der Waals surface area contributed by atoms with E-state index in [-0.39, 0.29) is 37.6 Å². The van der Waals surface area contributed by atoms with Gasteiger partial charge >= 0.3 is 5.97 Å². The molecule has 1 heterocycles. The first-order chi connectivity index (χ1) is 18.0. The number of amides is 3. The van der Waals surface area contributed by atoms with E-state index in [0.717, 1.165) is 11.1 Å². The van der Waals surface area contributed by atoms with E-state index in [1.54, 1.807) is 42.5 Å². The van der Waals surface area contributed by atoms with E-state index in [0.29, 0.717) is 16.2 Å². The van der Waals surface area contributed by atoms with Crippen molar-refractivity contribution in [3.8, 4) is 0 Å². The van der Waals surface area contributed by atoms with Crippen molar-refractivity contribution in [1.82, 2.24) is 4.90 Å². The lowest BCUT2D eigenvalue weighted by Gasteiger charge is -2.24. The lowest BCUT2D eigenvalue weighted by Crippen LogP contribution is -2.47. The number of fused-ring (bicyclic) bond motifs is 1. The Bertz CT molecular complexity index is 1430. The van der Waals surface area contributed by atoms with Gasteiger partial charge in [-0.1, -0.05) is 88.9 Å². The molecule has 4 rings (SSSR count). The number of benzene rings is 3. The second kappa shape index (κ2) is 11.3. The minimum atomic E-state index is -1.43. The molecule has 1 N–H and O–H groups in total. The fraction of sp³-hybridized carbons (Fsp3) is 0.185. The largest absolute Gasteiger partial charge is 0.454 e. The molecule has 0 aliphatic carbocycles. The second-order valence-electron chi connectivity index (χ2n) is 8.60. The molecule has 0 saturated heterocycles. The first-order valence-corrected chi connectivity index (χ1v) is 12.8. The van der Waals surface area contributed by atoms with Gasteiger partial charge < -0.3 is 10.1 Å². The highest BCUT2D eigenvalue weighted by Gasteiger charge is 2.47. The Morgan fingerprint density at radius 2 is 1.42 bits per heavy atom. The summed E-state index contributed by atoms with van der Waals surface area (Å²) in [5, 5.41) is 1.81. The third-order valence-electron chi connectivity index (χ3n) is 6.21. The smallest absolute Gasteiger partial charge is 0.330 e. The molecule has 196 valence electrons. The minimum absolute atomic E-state index is 0.0829. The summed E-state index contributed by atoms with van der Waals surface area (Å²) in [5.41, 5.74) is 2.55. The lowest BCUT2D eigenvalue weighted by molar-refractivity contribution is -0.151. The van der Waals surface area contributed by atoms with E-state index >= 15 is 0 Å². The number of hydrogen-bond donors (Lipinski definition) is 1. The van der Waals surface area contributed by atoms with Crippen LogP contribution in [0.4, 0.5) is 5.69 Å². The molecular weight excluding hydrogens is 574 g/mol. The third kappa shape index (κ3) is 5.24. The molecule has 0 aromatic heterocycles. The number of carbonyl (C=O) groups is 4. The number of nitrogens with one attached hydrogen (secondary N) is 1. The van der Waals surface area contributed by atoms with E-state index in [1.807, 2.05) is 19.9 Å². The van der Waals surface area contributed by atoms with Gasteiger partial charge in [-0.3, -0.25) is 19.3 Å². The van der Waals surface area contributed by atoms with Gasteiger partial charge in [0.05, 0.1) is 31.2 Å². The van der Waals surface area contributed by atoms with Gasteiger partial charge in [-0.05, 0) is 36.6 Å². The molecule has 11 heteroatoms. The topological polar surface area (TPSA) is 92.8 Å². The van der Waals surface area contributed by atoms with E-state index < -0.39 is 36.3 Å². The summed E-state index contributed by atoms with van der Waals surface area (Å²) in [7, 11) is 0. The standard InChI is InChI=1S/C27H20Cl4N2O5/c1-13-7-6-10-16(14(13)2)32-18(34)12-38-27(37)17(11-15-8-4-3-5-9-15)33-25(35)19-20(26(33)36)22(29)24(31)23(30)21(19)28/h3-10,17H,11-12H2,1-2H3,(H,32,34)/t17-/m0/s1. The van der Waals surface area contributed by atoms with E-state index in [1.165, 1.54) is 0 Å². The molecule has 0 fully saturated rings. The molecule has 3 aromatic rings. The normalized spacial score (nSPS) is 13.4. The first-order valence-electron chi connectivity index (χ1n) is 11.3. The van der Waals surface area contributed by atoms with Crippen LogP contribution in [-0.2, 0) is 20.7 Å². The van der Waals surface area contributed by atoms with E-state index in [4.69, 9.17) is 51.1 Å². The quantitative estimate of drug-likeness (QED) is 0.150. The second-order valence-corrected chi connectivity index (χ2v) is 10.1. The predicted molar refractivity (Wildman–Crippen MR) is 146 cm³/mol. The van der Waals surface area contributed by atoms with Gasteiger partial charge in [-0.15, -0.1) is 0 Å². The molecule has 1 atom stereocenters. The SMILES string of the molecule is Cc1cccc(NC(=O)COC(=O)[C@H](Cc2ccccc2)N2C(=O)c3c(Cl)c(Cl)c(Cl)c(Cl)c3C2=O)c1C. The summed E-state index contributed by atoms with van der Waals surface area (Å²) in [6.45, 7) is 3.11. The molecule has 0 saturated carbocycles. The molecule has 7 nitrogen and oxygen atoms in total. The number of ether oxygens (including phenoxy) is 1. The average molecular weight is 594 g/mol. The molecule has 0 unspecified atom stereocenters. The maximum absolute atomic E-state index is 13.4. The van der Waals surface area contributed by atoms with Crippen molar-refractivity contribution in [2.75, 3.05) is 11.9 Å². The van der Waals surface area contributed by atoms with Crippen LogP contribution in [0.5, 0.6) is 0 Å². The van der Waals surface area contributed by atoms with Crippen LogP contribution < -0.4 is 5.32 Å². The zero-order valence-corrected chi connectivity index (χ0v) is 23.1. The van der Waals surface area contributed by atoms with Crippen LogP contribution >= 0.6 is 46.4 Å². The highest BCUT2D eigenvalue weighted by Crippen LogP contribution is 2.45. The van der Waals surface area contributed by atoms with Crippen molar-refractivity contribution in [3.63, 3.8) is 0 Å². The van der Waals surface area contributed by atoms with E-state index in [9.17, 15) is 19.2 Å². The molecular formula is C27H20Cl4N2O5. The number of anilines is 1. The van der Waals surface area contributed by atoms with Crippen LogP contribution in [0.3, 0.4) is 0 Å². The van der Waals surface area contributed by atoms with Crippen LogP contribution in [0.2, 0.25) is 20.1 Å². The number of hydrogen-bond acceptors (Lipinski definition) is 5. The van der Waals surface area contributed by atoms with Crippen molar-refractivity contribution >= 4 is 75.8 Å². The van der Waals surface area contributed by atoms with Crippen molar-refractivity contribution < 1.29 is 23.9 Å². The molecule has 3 aromatic carbocycles. The van der Waals surface area contributed by atoms with Crippen molar-refractivity contribution in [2.45, 2.75) is 26.3 Å². The number of aryl methyl sites for hydroxylation is 1. The summed E-state index contributed by atoms with van der Waals surface area (Å²) in [4.78, 5) is 53.4. The van der Waals surface area contributed by atoms with Crippen molar-refractivity contribution in [1.29, 1.82) is 0 Å². The van der Waals surface area contributed by atoms with Crippen LogP contribution in [0.15, 0.2) is 48.5 Å². The van der Waals surface area contributed by atoms with Crippen molar-refractivity contribution in [3.05, 3.63) is 96.4 Å². The summed E-state index contributed by atoms with van der Waals surface area (Å²) < 4.78 is 5.28. The Morgan fingerprint density at radius 3 is 2.00 bits per heavy atom. The predicted octanol–water partition coefficient (Wildman–Crippen LogP) is 6.31. The number of nitrogens with zero attached hydrogens (tertiary/aromatic N) is 1. The van der Waals surface area contributed by atoms with Gasteiger partial charge in [-0.2, -0.15) is 0 Å². The molecule has 38 heavy (non-hydrogen) atoms. The Labute approximate surface area is 238 Å². The number of rotatable bonds is 7. The van der Waals surface area contributed by atoms with Crippen LogP contribution in [0, 0.1) is 13.8 Å². The molecule has 0 radical (unpaired) electrons. The summed E-state index contributed by atoms with van der Waals surface area (Å²) >= 11 is 24.7. The number of esters is 1. The molecule has 1 aliphatic rings. The first kappa shape index (κ1) is 27.9. The molecule has 0 bridgehead atoms. The average Bonchev–Trinajstić information content (AvgIpc) is 3.16. The Balaban J connectivity index is 1.61. The van der Waals surface area contributed by atoms with Gasteiger partial charge in [0, 0.05) is 12.1 Å². The Morgan fingerprint density at radius 1 is 0.842 bits per heavy atom. The number of imide groups is 1. The highest BCUT2D eigenvalue weighted by molar-refractivity contribution is 6.55. The summed E-state index contributed by atoms with van der Waals surface area (Å²) in [6.07, 6.45) is -0.0829. The van der Waals surface area contributed by atoms with Crippen molar-refractivity contribution in [2.24, 2.45) is 0 Å². The minimum Gasteiger partial charge on any atom is -0.454 e. The monoisotopic (exact) mass is 592 g/mol. The maximum atomic E-state index is 13.4. The lowest BCUT2D eigenvalue weighted by atomic mass is 10.0. The number of carbonyl (C=O) groups excluding carboxylic acids is 4. The van der Waals surface area contributed by atoms with Gasteiger partial charge in [0.2, 0.25) is 0 Å². The van der Waals surface area contributed by atoms with E-state index in [2.05, 4.69) is 5.32 Å². The van der Waals surface area contributed by atoms with Gasteiger partial charge in [-0.25, -0.2) is 4.79 Å². The highest BCUT2D eigenvalue weighted by atomic mass is 35.5. The van der Waals surface area contributed by atoms with Gasteiger partial charge in [0.25, 0.3) is 17.7 Å². The molecule has 3 amide bonds. The third-order valence-corrected chi connectivity index (χ3v) is 8.01. The van der Waals surface area contributed by atoms with Crippen LogP contribution in [-0.4, -0.2) is 41.2 Å². The maximum Gasteiger partial charge on any atom is 0.330 e. The summed E-state index contributed by atoms with van der Waals surface area (Å²) in [5.74, 6) is -3.32. The van der Waals surface area contributed by atoms with Gasteiger partial charge in [0.15, 0.2) is 6.61 Å². The fourth-order valence-corrected chi connectivity index (χ4v) is 5.09. The zero-order chi connectivity index (χ0) is 27.7. The Hall–Kier alpha value is -3.10. The van der Waals surface area contributed by atoms with Crippen LogP contribution in [0.1, 0.15) is 37.4 Å². The van der Waals surface area contributed by atoms with Gasteiger partial charge in [0.1, 0.15) is 6.04 Å². The zero-order valence-electron chi connectivity index (χ0n) is 20.1. The molecule has 1 aliphatic heterocycles. The number of halogens is 4. The Kier molecular flexibility index (Phi) is 8.33. The summed E-state index contributed by atoms with van der Waals surface area (Å²) in [6, 6.07) is 12.7. The fourth-order valence-electron chi connectivity index (χ4n) is 4.07. The molecule has 0 spiro atoms.